The third-order valence-electron chi connectivity index (χ3n) is 3.24. The number of nitrogens with zero attached hydrogens (tertiary/aromatic N) is 1. The van der Waals surface area contributed by atoms with Gasteiger partial charge >= 0.3 is 0 Å². The summed E-state index contributed by atoms with van der Waals surface area (Å²) in [5.74, 6) is 1.51. The molecule has 0 fully saturated rings. The zero-order valence-electron chi connectivity index (χ0n) is 10.0. The van der Waals surface area contributed by atoms with Gasteiger partial charge in [-0.05, 0) is 70.9 Å². The Kier molecular flexibility index (Phi) is 3.33. The highest BCUT2D eigenvalue weighted by Crippen LogP contribution is 2.27. The highest BCUT2D eigenvalue weighted by atomic mass is 79.9. The van der Waals surface area contributed by atoms with E-state index in [9.17, 15) is 0 Å². The number of halogens is 1. The molecular formula is C15H14BrNO. The van der Waals surface area contributed by atoms with Crippen LogP contribution in [0.1, 0.15) is 24.0 Å². The first-order valence-electron chi connectivity index (χ1n) is 6.22. The van der Waals surface area contributed by atoms with Crippen LogP contribution in [0.3, 0.4) is 0 Å². The van der Waals surface area contributed by atoms with E-state index in [-0.39, 0.29) is 0 Å². The summed E-state index contributed by atoms with van der Waals surface area (Å²) in [6.45, 7) is 0. The number of rotatable bonds is 2. The SMILES string of the molecule is Brc1ccc(Oc2ccc3c(c2)CCCC3)nc1. The summed E-state index contributed by atoms with van der Waals surface area (Å²) in [6.07, 6.45) is 6.70. The minimum Gasteiger partial charge on any atom is -0.439 e. The number of hydrogen-bond donors (Lipinski definition) is 0. The summed E-state index contributed by atoms with van der Waals surface area (Å²) in [4.78, 5) is 4.22. The van der Waals surface area contributed by atoms with Crippen LogP contribution >= 0.6 is 15.9 Å². The van der Waals surface area contributed by atoms with E-state index in [1.807, 2.05) is 18.2 Å². The highest BCUT2D eigenvalue weighted by Gasteiger charge is 2.10. The molecule has 2 nitrogen and oxygen atoms in total. The maximum Gasteiger partial charge on any atom is 0.219 e. The van der Waals surface area contributed by atoms with E-state index in [1.54, 1.807) is 6.20 Å². The van der Waals surface area contributed by atoms with Gasteiger partial charge in [-0.2, -0.15) is 0 Å². The molecule has 0 spiro atoms. The summed E-state index contributed by atoms with van der Waals surface area (Å²) in [5, 5.41) is 0. The molecule has 0 saturated carbocycles. The number of hydrogen-bond acceptors (Lipinski definition) is 2. The molecule has 3 rings (SSSR count). The second kappa shape index (κ2) is 5.11. The first-order valence-corrected chi connectivity index (χ1v) is 7.02. The maximum absolute atomic E-state index is 5.77. The number of ether oxygens (including phenoxy) is 1. The van der Waals surface area contributed by atoms with Crippen LogP contribution in [0.25, 0.3) is 0 Å². The van der Waals surface area contributed by atoms with Crippen LogP contribution in [0.15, 0.2) is 41.0 Å². The number of fused-ring (bicyclic) bond motifs is 1. The van der Waals surface area contributed by atoms with Gasteiger partial charge in [-0.25, -0.2) is 4.98 Å². The normalized spacial score (nSPS) is 14.1. The van der Waals surface area contributed by atoms with E-state index in [1.165, 1.54) is 36.8 Å². The smallest absolute Gasteiger partial charge is 0.219 e. The van der Waals surface area contributed by atoms with Gasteiger partial charge < -0.3 is 4.74 Å². The van der Waals surface area contributed by atoms with Crippen LogP contribution in [0, 0.1) is 0 Å². The summed E-state index contributed by atoms with van der Waals surface area (Å²) >= 11 is 3.36. The molecule has 1 aliphatic carbocycles. The van der Waals surface area contributed by atoms with Gasteiger partial charge in [0.15, 0.2) is 0 Å². The summed E-state index contributed by atoms with van der Waals surface area (Å²) in [6, 6.07) is 10.2. The number of benzene rings is 1. The van der Waals surface area contributed by atoms with Gasteiger partial charge in [0.25, 0.3) is 0 Å². The third kappa shape index (κ3) is 2.56. The molecule has 0 bridgehead atoms. The van der Waals surface area contributed by atoms with Gasteiger partial charge in [0, 0.05) is 16.7 Å². The topological polar surface area (TPSA) is 22.1 Å². The van der Waals surface area contributed by atoms with Crippen LogP contribution in [0.4, 0.5) is 0 Å². The van der Waals surface area contributed by atoms with Gasteiger partial charge in [-0.15, -0.1) is 0 Å². The van der Waals surface area contributed by atoms with Crippen molar-refractivity contribution in [2.45, 2.75) is 25.7 Å². The van der Waals surface area contributed by atoms with Gasteiger partial charge in [-0.3, -0.25) is 0 Å². The Labute approximate surface area is 115 Å². The standard InChI is InChI=1S/C15H14BrNO/c16-13-6-8-15(17-10-13)18-14-7-5-11-3-1-2-4-12(11)9-14/h5-10H,1-4H2. The molecule has 1 aliphatic rings. The van der Waals surface area contributed by atoms with Gasteiger partial charge in [0.05, 0.1) is 0 Å². The van der Waals surface area contributed by atoms with Crippen LogP contribution in [-0.4, -0.2) is 4.98 Å². The number of aryl methyl sites for hydroxylation is 2. The predicted octanol–water partition coefficient (Wildman–Crippen LogP) is 4.52. The largest absolute Gasteiger partial charge is 0.439 e. The molecule has 0 radical (unpaired) electrons. The van der Waals surface area contributed by atoms with Crippen LogP contribution in [0.2, 0.25) is 0 Å². The lowest BCUT2D eigenvalue weighted by molar-refractivity contribution is 0.461. The van der Waals surface area contributed by atoms with Crippen molar-refractivity contribution in [3.8, 4) is 11.6 Å². The Hall–Kier alpha value is -1.35. The second-order valence-corrected chi connectivity index (χ2v) is 5.47. The monoisotopic (exact) mass is 303 g/mol. The molecule has 0 saturated heterocycles. The molecule has 2 aromatic rings. The van der Waals surface area contributed by atoms with Crippen molar-refractivity contribution in [1.29, 1.82) is 0 Å². The van der Waals surface area contributed by atoms with E-state index < -0.39 is 0 Å². The lowest BCUT2D eigenvalue weighted by Crippen LogP contribution is -2.02. The van der Waals surface area contributed by atoms with Crippen LogP contribution in [-0.2, 0) is 12.8 Å². The fraction of sp³-hybridized carbons (Fsp3) is 0.267. The predicted molar refractivity (Wildman–Crippen MR) is 75.1 cm³/mol. The number of pyridine rings is 1. The summed E-state index contributed by atoms with van der Waals surface area (Å²) in [7, 11) is 0. The van der Waals surface area contributed by atoms with Crippen molar-refractivity contribution in [2.24, 2.45) is 0 Å². The molecule has 3 heteroatoms. The highest BCUT2D eigenvalue weighted by molar-refractivity contribution is 9.10. The van der Waals surface area contributed by atoms with E-state index >= 15 is 0 Å². The third-order valence-corrected chi connectivity index (χ3v) is 3.71. The quantitative estimate of drug-likeness (QED) is 0.814. The van der Waals surface area contributed by atoms with E-state index in [2.05, 4.69) is 33.0 Å². The Morgan fingerprint density at radius 3 is 2.61 bits per heavy atom. The zero-order chi connectivity index (χ0) is 12.4. The molecule has 1 aromatic heterocycles. The Morgan fingerprint density at radius 1 is 1.00 bits per heavy atom. The van der Waals surface area contributed by atoms with Crippen molar-refractivity contribution in [2.75, 3.05) is 0 Å². The fourth-order valence-corrected chi connectivity index (χ4v) is 2.55. The molecule has 0 atom stereocenters. The molecule has 1 aromatic carbocycles. The summed E-state index contributed by atoms with van der Waals surface area (Å²) in [5.41, 5.74) is 2.90. The van der Waals surface area contributed by atoms with Crippen molar-refractivity contribution in [1.82, 2.24) is 4.98 Å². The Bertz CT molecular complexity index is 551. The van der Waals surface area contributed by atoms with E-state index in [0.717, 1.165) is 10.2 Å². The minimum atomic E-state index is 0.633. The average molecular weight is 304 g/mol. The van der Waals surface area contributed by atoms with Crippen molar-refractivity contribution in [3.05, 3.63) is 52.1 Å². The zero-order valence-corrected chi connectivity index (χ0v) is 11.6. The number of aromatic nitrogens is 1. The van der Waals surface area contributed by atoms with Crippen molar-refractivity contribution < 1.29 is 4.74 Å². The van der Waals surface area contributed by atoms with E-state index in [4.69, 9.17) is 4.74 Å². The first kappa shape index (κ1) is 11.7. The lowest BCUT2D eigenvalue weighted by atomic mass is 9.92. The maximum atomic E-state index is 5.77. The molecule has 1 heterocycles. The van der Waals surface area contributed by atoms with E-state index in [0.29, 0.717) is 5.88 Å². The molecule has 0 unspecified atom stereocenters. The van der Waals surface area contributed by atoms with Crippen LogP contribution in [0.5, 0.6) is 11.6 Å². The Morgan fingerprint density at radius 2 is 1.83 bits per heavy atom. The van der Waals surface area contributed by atoms with Gasteiger partial charge in [0.1, 0.15) is 5.75 Å². The molecular weight excluding hydrogens is 290 g/mol. The first-order chi connectivity index (χ1) is 8.81. The van der Waals surface area contributed by atoms with Crippen molar-refractivity contribution >= 4 is 15.9 Å². The lowest BCUT2D eigenvalue weighted by Gasteiger charge is -2.16. The summed E-state index contributed by atoms with van der Waals surface area (Å²) < 4.78 is 6.73. The molecule has 0 N–H and O–H groups in total. The molecule has 92 valence electrons. The Balaban J connectivity index is 1.82. The van der Waals surface area contributed by atoms with Crippen LogP contribution < -0.4 is 4.74 Å². The van der Waals surface area contributed by atoms with Gasteiger partial charge in [0.2, 0.25) is 5.88 Å². The second-order valence-electron chi connectivity index (χ2n) is 4.55. The van der Waals surface area contributed by atoms with Crippen molar-refractivity contribution in [3.63, 3.8) is 0 Å². The average Bonchev–Trinajstić information content (AvgIpc) is 2.41. The minimum absolute atomic E-state index is 0.633. The molecule has 18 heavy (non-hydrogen) atoms. The molecule has 0 aliphatic heterocycles. The van der Waals surface area contributed by atoms with Gasteiger partial charge in [-0.1, -0.05) is 6.07 Å². The fourth-order valence-electron chi connectivity index (χ4n) is 2.32. The molecule has 0 amide bonds.